The van der Waals surface area contributed by atoms with Crippen molar-refractivity contribution in [2.24, 2.45) is 0 Å². The second kappa shape index (κ2) is 6.43. The van der Waals surface area contributed by atoms with Crippen LogP contribution in [0.25, 0.3) is 11.3 Å². The molecule has 0 saturated heterocycles. The summed E-state index contributed by atoms with van der Waals surface area (Å²) in [5, 5.41) is 3.70. The van der Waals surface area contributed by atoms with Gasteiger partial charge in [-0.3, -0.25) is 9.78 Å². The number of fused-ring (bicyclic) bond motifs is 1. The molecule has 0 aromatic carbocycles. The van der Waals surface area contributed by atoms with E-state index in [1.165, 1.54) is 6.20 Å². The first-order valence-corrected chi connectivity index (χ1v) is 8.17. The van der Waals surface area contributed by atoms with Crippen LogP contribution in [0.2, 0.25) is 0 Å². The zero-order chi connectivity index (χ0) is 17.2. The van der Waals surface area contributed by atoms with Crippen LogP contribution in [0, 0.1) is 6.92 Å². The van der Waals surface area contributed by atoms with E-state index < -0.39 is 0 Å². The highest BCUT2D eigenvalue weighted by atomic mass is 16.5. The van der Waals surface area contributed by atoms with Crippen molar-refractivity contribution in [3.05, 3.63) is 59.6 Å². The van der Waals surface area contributed by atoms with Crippen LogP contribution in [0.4, 0.5) is 0 Å². The van der Waals surface area contributed by atoms with E-state index in [0.717, 1.165) is 22.5 Å². The van der Waals surface area contributed by atoms with Crippen LogP contribution in [-0.4, -0.2) is 44.0 Å². The topological polar surface area (TPSA) is 85.0 Å². The van der Waals surface area contributed by atoms with Crippen molar-refractivity contribution in [3.8, 4) is 11.3 Å². The van der Waals surface area contributed by atoms with Crippen molar-refractivity contribution < 1.29 is 9.32 Å². The van der Waals surface area contributed by atoms with Gasteiger partial charge in [-0.1, -0.05) is 5.16 Å². The molecule has 0 unspecified atom stereocenters. The lowest BCUT2D eigenvalue weighted by Crippen LogP contribution is -2.33. The number of aryl methyl sites for hydroxylation is 1. The first-order chi connectivity index (χ1) is 12.2. The summed E-state index contributed by atoms with van der Waals surface area (Å²) in [4.78, 5) is 27.5. The molecule has 0 fully saturated rings. The average Bonchev–Trinajstić information content (AvgIpc) is 2.96. The molecule has 0 spiro atoms. The molecule has 3 aromatic heterocycles. The van der Waals surface area contributed by atoms with E-state index in [0.29, 0.717) is 37.3 Å². The molecular formula is C18H17N5O2. The van der Waals surface area contributed by atoms with Gasteiger partial charge in [0, 0.05) is 48.7 Å². The van der Waals surface area contributed by atoms with E-state index in [1.807, 2.05) is 17.0 Å². The first-order valence-electron chi connectivity index (χ1n) is 8.17. The maximum Gasteiger partial charge on any atom is 0.259 e. The number of carbonyl (C=O) groups is 1. The third-order valence-electron chi connectivity index (χ3n) is 4.51. The SMILES string of the molecule is Cc1oncc1C(=O)N1CCc2ncnc(-c3ccncc3)c2CC1. The zero-order valence-corrected chi connectivity index (χ0v) is 13.8. The van der Waals surface area contributed by atoms with Gasteiger partial charge in [-0.05, 0) is 25.5 Å². The number of carbonyl (C=O) groups excluding carboxylic acids is 1. The smallest absolute Gasteiger partial charge is 0.259 e. The number of nitrogens with zero attached hydrogens (tertiary/aromatic N) is 5. The fourth-order valence-corrected chi connectivity index (χ4v) is 3.16. The molecular weight excluding hydrogens is 318 g/mol. The van der Waals surface area contributed by atoms with Gasteiger partial charge in [0.15, 0.2) is 0 Å². The molecule has 1 aliphatic heterocycles. The van der Waals surface area contributed by atoms with E-state index in [-0.39, 0.29) is 5.91 Å². The molecule has 25 heavy (non-hydrogen) atoms. The molecule has 0 aliphatic carbocycles. The number of pyridine rings is 1. The van der Waals surface area contributed by atoms with Gasteiger partial charge in [-0.2, -0.15) is 0 Å². The van der Waals surface area contributed by atoms with Crippen LogP contribution in [0.5, 0.6) is 0 Å². The minimum atomic E-state index is -0.0509. The van der Waals surface area contributed by atoms with Crippen LogP contribution in [0.1, 0.15) is 27.4 Å². The zero-order valence-electron chi connectivity index (χ0n) is 13.8. The second-order valence-electron chi connectivity index (χ2n) is 5.97. The Hall–Kier alpha value is -3.09. The second-order valence-corrected chi connectivity index (χ2v) is 5.97. The number of hydrogen-bond donors (Lipinski definition) is 0. The molecule has 4 heterocycles. The fourth-order valence-electron chi connectivity index (χ4n) is 3.16. The van der Waals surface area contributed by atoms with Crippen LogP contribution < -0.4 is 0 Å². The Balaban J connectivity index is 1.62. The van der Waals surface area contributed by atoms with Crippen molar-refractivity contribution in [1.82, 2.24) is 25.0 Å². The van der Waals surface area contributed by atoms with Gasteiger partial charge in [0.1, 0.15) is 17.7 Å². The summed E-state index contributed by atoms with van der Waals surface area (Å²) in [6.45, 7) is 2.98. The molecule has 0 N–H and O–H groups in total. The lowest BCUT2D eigenvalue weighted by molar-refractivity contribution is 0.0761. The quantitative estimate of drug-likeness (QED) is 0.713. The highest BCUT2D eigenvalue weighted by Gasteiger charge is 2.25. The van der Waals surface area contributed by atoms with Crippen LogP contribution in [0.3, 0.4) is 0 Å². The van der Waals surface area contributed by atoms with Gasteiger partial charge in [-0.15, -0.1) is 0 Å². The Bertz CT molecular complexity index is 907. The average molecular weight is 335 g/mol. The van der Waals surface area contributed by atoms with Gasteiger partial charge in [0.05, 0.1) is 11.9 Å². The van der Waals surface area contributed by atoms with Crippen LogP contribution in [-0.2, 0) is 12.8 Å². The number of aromatic nitrogens is 4. The van der Waals surface area contributed by atoms with E-state index in [4.69, 9.17) is 4.52 Å². The molecule has 7 heteroatoms. The third kappa shape index (κ3) is 2.88. The lowest BCUT2D eigenvalue weighted by atomic mass is 10.0. The molecule has 0 atom stereocenters. The van der Waals surface area contributed by atoms with Crippen molar-refractivity contribution in [2.45, 2.75) is 19.8 Å². The summed E-state index contributed by atoms with van der Waals surface area (Å²) < 4.78 is 5.02. The van der Waals surface area contributed by atoms with Crippen molar-refractivity contribution >= 4 is 5.91 Å². The maximum atomic E-state index is 12.7. The number of rotatable bonds is 2. The molecule has 7 nitrogen and oxygen atoms in total. The van der Waals surface area contributed by atoms with Crippen molar-refractivity contribution in [2.75, 3.05) is 13.1 Å². The standard InChI is InChI=1S/C18H17N5O2/c1-12-15(10-22-25-12)18(24)23-8-4-14-16(5-9-23)20-11-21-17(14)13-2-6-19-7-3-13/h2-3,6-7,10-11H,4-5,8-9H2,1H3. The fraction of sp³-hybridized carbons (Fsp3) is 0.278. The van der Waals surface area contributed by atoms with Crippen molar-refractivity contribution in [1.29, 1.82) is 0 Å². The maximum absolute atomic E-state index is 12.7. The van der Waals surface area contributed by atoms with E-state index in [9.17, 15) is 4.79 Å². The van der Waals surface area contributed by atoms with Gasteiger partial charge in [-0.25, -0.2) is 9.97 Å². The predicted molar refractivity (Wildman–Crippen MR) is 89.8 cm³/mol. The highest BCUT2D eigenvalue weighted by molar-refractivity contribution is 5.94. The van der Waals surface area contributed by atoms with Crippen molar-refractivity contribution in [3.63, 3.8) is 0 Å². The molecule has 0 radical (unpaired) electrons. The summed E-state index contributed by atoms with van der Waals surface area (Å²) in [6, 6.07) is 3.88. The van der Waals surface area contributed by atoms with Crippen LogP contribution in [0.15, 0.2) is 41.6 Å². The van der Waals surface area contributed by atoms with Gasteiger partial charge >= 0.3 is 0 Å². The van der Waals surface area contributed by atoms with Gasteiger partial charge < -0.3 is 9.42 Å². The molecule has 1 amide bonds. The van der Waals surface area contributed by atoms with E-state index >= 15 is 0 Å². The minimum absolute atomic E-state index is 0.0509. The molecule has 126 valence electrons. The minimum Gasteiger partial charge on any atom is -0.361 e. The van der Waals surface area contributed by atoms with E-state index in [1.54, 1.807) is 25.6 Å². The first kappa shape index (κ1) is 15.4. The Kier molecular flexibility index (Phi) is 3.97. The van der Waals surface area contributed by atoms with Gasteiger partial charge in [0.25, 0.3) is 5.91 Å². The Morgan fingerprint density at radius 3 is 2.72 bits per heavy atom. The molecule has 0 saturated carbocycles. The highest BCUT2D eigenvalue weighted by Crippen LogP contribution is 2.25. The van der Waals surface area contributed by atoms with Gasteiger partial charge in [0.2, 0.25) is 0 Å². The third-order valence-corrected chi connectivity index (χ3v) is 4.51. The monoisotopic (exact) mass is 335 g/mol. The summed E-state index contributed by atoms with van der Waals surface area (Å²) in [7, 11) is 0. The summed E-state index contributed by atoms with van der Waals surface area (Å²) in [6.07, 6.45) is 8.00. The Morgan fingerprint density at radius 2 is 1.96 bits per heavy atom. The molecule has 0 bridgehead atoms. The summed E-state index contributed by atoms with van der Waals surface area (Å²) in [5.41, 5.74) is 4.56. The van der Waals surface area contributed by atoms with Crippen LogP contribution >= 0.6 is 0 Å². The molecule has 4 rings (SSSR count). The number of amides is 1. The Morgan fingerprint density at radius 1 is 1.16 bits per heavy atom. The predicted octanol–water partition coefficient (Wildman–Crippen LogP) is 2.08. The largest absolute Gasteiger partial charge is 0.361 e. The lowest BCUT2D eigenvalue weighted by Gasteiger charge is -2.19. The molecule has 3 aromatic rings. The number of hydrogen-bond acceptors (Lipinski definition) is 6. The summed E-state index contributed by atoms with van der Waals surface area (Å²) >= 11 is 0. The normalized spacial score (nSPS) is 14.0. The summed E-state index contributed by atoms with van der Waals surface area (Å²) in [5.74, 6) is 0.494. The Labute approximate surface area is 144 Å². The van der Waals surface area contributed by atoms with E-state index in [2.05, 4.69) is 20.1 Å². The molecule has 1 aliphatic rings.